The Morgan fingerprint density at radius 2 is 2.57 bits per heavy atom. The molecule has 5 nitrogen and oxygen atoms in total. The van der Waals surface area contributed by atoms with Crippen molar-refractivity contribution in [2.45, 2.75) is 6.92 Å². The maximum Gasteiger partial charge on any atom is 0.131 e. The van der Waals surface area contributed by atoms with Gasteiger partial charge in [0.1, 0.15) is 5.29 Å². The summed E-state index contributed by atoms with van der Waals surface area (Å²) in [4.78, 5) is 9.29. The molecule has 0 saturated heterocycles. The van der Waals surface area contributed by atoms with Gasteiger partial charge in [0.05, 0.1) is 6.54 Å². The molecule has 0 aromatic heterocycles. The second-order valence-corrected chi connectivity index (χ2v) is 0.993. The molecule has 0 radical (unpaired) electrons. The SMILES string of the molecule is CC[NH2+]N(O)N=O. The van der Waals surface area contributed by atoms with Crippen molar-refractivity contribution in [3.05, 3.63) is 4.91 Å². The molecule has 3 N–H and O–H groups in total. The lowest BCUT2D eigenvalue weighted by atomic mass is 10.8. The van der Waals surface area contributed by atoms with Gasteiger partial charge in [0.2, 0.25) is 0 Å². The zero-order chi connectivity index (χ0) is 5.70. The normalized spacial score (nSPS) is 8.29. The van der Waals surface area contributed by atoms with Crippen molar-refractivity contribution in [3.8, 4) is 0 Å². The summed E-state index contributed by atoms with van der Waals surface area (Å²) in [5, 5.41) is 10.6. The predicted molar refractivity (Wildman–Crippen MR) is 21.9 cm³/mol. The maximum absolute atomic E-state index is 9.29. The Morgan fingerprint density at radius 3 is 2.71 bits per heavy atom. The monoisotopic (exact) mass is 106 g/mol. The Morgan fingerprint density at radius 1 is 2.00 bits per heavy atom. The van der Waals surface area contributed by atoms with Crippen molar-refractivity contribution < 1.29 is 10.6 Å². The molecule has 5 heteroatoms. The van der Waals surface area contributed by atoms with Gasteiger partial charge in [0, 0.05) is 5.28 Å². The van der Waals surface area contributed by atoms with Gasteiger partial charge in [-0.25, -0.2) is 5.21 Å². The number of nitrogens with zero attached hydrogens (tertiary/aromatic N) is 2. The highest BCUT2D eigenvalue weighted by Crippen LogP contribution is 1.56. The lowest BCUT2D eigenvalue weighted by Crippen LogP contribution is -2.91. The Bertz CT molecular complexity index is 56.9. The zero-order valence-electron chi connectivity index (χ0n) is 4.03. The molecule has 0 heterocycles. The van der Waals surface area contributed by atoms with Crippen LogP contribution in [-0.2, 0) is 0 Å². The van der Waals surface area contributed by atoms with Gasteiger partial charge in [-0.05, 0) is 6.92 Å². The van der Waals surface area contributed by atoms with Gasteiger partial charge in [-0.2, -0.15) is 5.43 Å². The molecule has 0 unspecified atom stereocenters. The van der Waals surface area contributed by atoms with Crippen LogP contribution in [0.2, 0.25) is 0 Å². The lowest BCUT2D eigenvalue weighted by Gasteiger charge is -1.97. The van der Waals surface area contributed by atoms with E-state index in [0.717, 1.165) is 0 Å². The molecule has 0 bridgehead atoms. The molecule has 0 atom stereocenters. The second-order valence-electron chi connectivity index (χ2n) is 0.993. The maximum atomic E-state index is 9.29. The fraction of sp³-hybridized carbons (Fsp3) is 1.00. The van der Waals surface area contributed by atoms with Crippen LogP contribution in [0.3, 0.4) is 0 Å². The highest BCUT2D eigenvalue weighted by atomic mass is 16.6. The largest absolute Gasteiger partial charge is 0.225 e. The van der Waals surface area contributed by atoms with Gasteiger partial charge in [-0.1, -0.05) is 0 Å². The summed E-state index contributed by atoms with van der Waals surface area (Å²) in [6, 6.07) is 0. The number of hydrogen-bond acceptors (Lipinski definition) is 3. The van der Waals surface area contributed by atoms with Crippen LogP contribution in [0.4, 0.5) is 0 Å². The minimum Gasteiger partial charge on any atom is -0.225 e. The quantitative estimate of drug-likeness (QED) is 0.271. The average molecular weight is 106 g/mol. The number of rotatable bonds is 3. The van der Waals surface area contributed by atoms with Gasteiger partial charge in [-0.3, -0.25) is 0 Å². The molecular weight excluding hydrogens is 98.0 g/mol. The van der Waals surface area contributed by atoms with Crippen LogP contribution in [0, 0.1) is 4.91 Å². The van der Waals surface area contributed by atoms with Crippen molar-refractivity contribution in [3.63, 3.8) is 0 Å². The van der Waals surface area contributed by atoms with Crippen LogP contribution in [0.1, 0.15) is 6.92 Å². The fourth-order valence-corrected chi connectivity index (χ4v) is 0.197. The molecule has 0 aliphatic rings. The first-order valence-electron chi connectivity index (χ1n) is 1.96. The highest BCUT2D eigenvalue weighted by Gasteiger charge is 1.91. The molecule has 0 rings (SSSR count). The van der Waals surface area contributed by atoms with E-state index in [2.05, 4.69) is 5.29 Å². The van der Waals surface area contributed by atoms with Crippen molar-refractivity contribution >= 4 is 0 Å². The topological polar surface area (TPSA) is 69.5 Å². The highest BCUT2D eigenvalue weighted by molar-refractivity contribution is 3.98. The second kappa shape index (κ2) is 3.51. The van der Waals surface area contributed by atoms with Crippen LogP contribution < -0.4 is 5.43 Å². The summed E-state index contributed by atoms with van der Waals surface area (Å²) in [6.45, 7) is 2.39. The van der Waals surface area contributed by atoms with Gasteiger partial charge < -0.3 is 0 Å². The van der Waals surface area contributed by atoms with Crippen LogP contribution in [0.5, 0.6) is 0 Å². The lowest BCUT2D eigenvalue weighted by molar-refractivity contribution is -0.859. The van der Waals surface area contributed by atoms with Crippen molar-refractivity contribution in [1.29, 1.82) is 0 Å². The van der Waals surface area contributed by atoms with Crippen molar-refractivity contribution in [2.75, 3.05) is 6.54 Å². The van der Waals surface area contributed by atoms with Crippen LogP contribution in [0.25, 0.3) is 0 Å². The van der Waals surface area contributed by atoms with E-state index < -0.39 is 0 Å². The minimum absolute atomic E-state index is 0.250. The van der Waals surface area contributed by atoms with E-state index in [1.54, 1.807) is 6.92 Å². The number of nitrogens with two attached hydrogens (primary N) is 1. The molecular formula is C2H8N3O2+. The van der Waals surface area contributed by atoms with E-state index in [1.165, 1.54) is 5.43 Å². The summed E-state index contributed by atoms with van der Waals surface area (Å²) >= 11 is 0. The Kier molecular flexibility index (Phi) is 3.17. The number of nitroso groups, excluding NO2 is 1. The molecule has 0 saturated carbocycles. The van der Waals surface area contributed by atoms with E-state index in [-0.39, 0.29) is 5.28 Å². The predicted octanol–water partition coefficient (Wildman–Crippen LogP) is -1.14. The van der Waals surface area contributed by atoms with E-state index in [4.69, 9.17) is 5.21 Å². The third-order valence-corrected chi connectivity index (χ3v) is 0.430. The average Bonchev–Trinajstić information content (AvgIpc) is 1.68. The Hall–Kier alpha value is -0.680. The van der Waals surface area contributed by atoms with Crippen LogP contribution >= 0.6 is 0 Å². The molecule has 0 amide bonds. The first-order chi connectivity index (χ1) is 3.31. The molecule has 0 aliphatic carbocycles. The number of quaternary nitrogens is 1. The van der Waals surface area contributed by atoms with Crippen molar-refractivity contribution in [2.24, 2.45) is 5.29 Å². The van der Waals surface area contributed by atoms with Gasteiger partial charge >= 0.3 is 0 Å². The van der Waals surface area contributed by atoms with E-state index in [9.17, 15) is 4.91 Å². The standard InChI is InChI=1S/C2H7N3O2/c1-2-3-5(7)4-6/h3,7H,2H2,1H3/p+1. The summed E-state index contributed by atoms with van der Waals surface area (Å²) in [7, 11) is 0. The van der Waals surface area contributed by atoms with Crippen LogP contribution in [-0.4, -0.2) is 17.0 Å². The third-order valence-electron chi connectivity index (χ3n) is 0.430. The molecule has 0 fully saturated rings. The molecule has 0 spiro atoms. The zero-order valence-corrected chi connectivity index (χ0v) is 4.03. The first-order valence-corrected chi connectivity index (χ1v) is 1.96. The molecule has 0 aromatic rings. The minimum atomic E-state index is 0.250. The van der Waals surface area contributed by atoms with E-state index >= 15 is 0 Å². The smallest absolute Gasteiger partial charge is 0.131 e. The van der Waals surface area contributed by atoms with Crippen molar-refractivity contribution in [1.82, 2.24) is 5.28 Å². The van der Waals surface area contributed by atoms with Gasteiger partial charge in [-0.15, -0.1) is 4.91 Å². The molecule has 7 heavy (non-hydrogen) atoms. The summed E-state index contributed by atoms with van der Waals surface area (Å²) in [6.07, 6.45) is 0. The Labute approximate surface area is 40.8 Å². The molecule has 0 aromatic carbocycles. The summed E-state index contributed by atoms with van der Waals surface area (Å²) < 4.78 is 0. The fourth-order valence-electron chi connectivity index (χ4n) is 0.197. The first kappa shape index (κ1) is 6.32. The van der Waals surface area contributed by atoms with E-state index in [1.807, 2.05) is 0 Å². The summed E-state index contributed by atoms with van der Waals surface area (Å²) in [5.41, 5.74) is 1.26. The summed E-state index contributed by atoms with van der Waals surface area (Å²) in [5.74, 6) is 0. The van der Waals surface area contributed by atoms with Gasteiger partial charge in [0.15, 0.2) is 0 Å². The van der Waals surface area contributed by atoms with E-state index in [0.29, 0.717) is 6.54 Å². The molecule has 42 valence electrons. The van der Waals surface area contributed by atoms with Crippen LogP contribution in [0.15, 0.2) is 5.29 Å². The third kappa shape index (κ3) is 3.14. The number of hydrogen-bond donors (Lipinski definition) is 2. The Balaban J connectivity index is 2.98. The molecule has 0 aliphatic heterocycles. The van der Waals surface area contributed by atoms with Gasteiger partial charge in [0.25, 0.3) is 0 Å².